The Bertz CT molecular complexity index is 1360. The van der Waals surface area contributed by atoms with Gasteiger partial charge in [0.15, 0.2) is 0 Å². The van der Waals surface area contributed by atoms with E-state index in [2.05, 4.69) is 39.0 Å². The number of benzene rings is 3. The van der Waals surface area contributed by atoms with E-state index in [0.717, 1.165) is 46.3 Å². The molecule has 4 aromatic rings. The van der Waals surface area contributed by atoms with Gasteiger partial charge in [-0.3, -0.25) is 4.79 Å². The molecule has 0 N–H and O–H groups in total. The molecule has 0 radical (unpaired) electrons. The zero-order valence-corrected chi connectivity index (χ0v) is 18.5. The lowest BCUT2D eigenvalue weighted by molar-refractivity contribution is 0.0976. The van der Waals surface area contributed by atoms with Gasteiger partial charge in [0.2, 0.25) is 0 Å². The lowest BCUT2D eigenvalue weighted by Crippen LogP contribution is -2.42. The topological polar surface area (TPSA) is 33.2 Å². The molecule has 3 nitrogen and oxygen atoms in total. The van der Waals surface area contributed by atoms with Gasteiger partial charge in [-0.05, 0) is 86.7 Å². The molecule has 0 aliphatic carbocycles. The molecule has 1 aromatic heterocycles. The number of fused-ring (bicyclic) bond motifs is 2. The first kappa shape index (κ1) is 20.4. The average molecular weight is 425 g/mol. The number of para-hydroxylation sites is 1. The molecule has 1 atom stereocenters. The van der Waals surface area contributed by atoms with Gasteiger partial charge in [-0.1, -0.05) is 30.3 Å². The van der Waals surface area contributed by atoms with E-state index in [1.807, 2.05) is 35.2 Å². The van der Waals surface area contributed by atoms with Crippen LogP contribution in [-0.4, -0.2) is 16.9 Å². The molecule has 4 heteroatoms. The van der Waals surface area contributed by atoms with Gasteiger partial charge in [-0.25, -0.2) is 9.37 Å². The number of halogens is 1. The third-order valence-electron chi connectivity index (χ3n) is 6.54. The Morgan fingerprint density at radius 1 is 1.00 bits per heavy atom. The maximum atomic E-state index is 14.0. The summed E-state index contributed by atoms with van der Waals surface area (Å²) < 4.78 is 13.8. The van der Waals surface area contributed by atoms with Crippen LogP contribution in [0.3, 0.4) is 0 Å². The minimum Gasteiger partial charge on any atom is -0.305 e. The molecule has 1 aliphatic rings. The molecule has 0 bridgehead atoms. The number of hydrogen-bond acceptors (Lipinski definition) is 2. The molecule has 5 rings (SSSR count). The first-order chi connectivity index (χ1) is 15.4. The average Bonchev–Trinajstić information content (AvgIpc) is 2.80. The summed E-state index contributed by atoms with van der Waals surface area (Å²) in [6.07, 6.45) is 1.57. The maximum absolute atomic E-state index is 14.0. The highest BCUT2D eigenvalue weighted by Crippen LogP contribution is 2.34. The quantitative estimate of drug-likeness (QED) is 0.361. The highest BCUT2D eigenvalue weighted by Gasteiger charge is 2.30. The van der Waals surface area contributed by atoms with Crippen LogP contribution in [0.4, 0.5) is 10.1 Å². The Morgan fingerprint density at radius 2 is 1.81 bits per heavy atom. The van der Waals surface area contributed by atoms with Crippen LogP contribution in [0.25, 0.3) is 22.2 Å². The molecule has 1 aliphatic heterocycles. The van der Waals surface area contributed by atoms with E-state index in [-0.39, 0.29) is 17.8 Å². The number of amides is 1. The van der Waals surface area contributed by atoms with Gasteiger partial charge in [0, 0.05) is 22.7 Å². The molecule has 32 heavy (non-hydrogen) atoms. The molecule has 1 amide bonds. The fourth-order valence-electron chi connectivity index (χ4n) is 4.56. The fraction of sp³-hybridized carbons (Fsp3) is 0.214. The van der Waals surface area contributed by atoms with E-state index in [1.165, 1.54) is 17.2 Å². The van der Waals surface area contributed by atoms with E-state index in [1.54, 1.807) is 12.1 Å². The summed E-state index contributed by atoms with van der Waals surface area (Å²) in [6.45, 7) is 6.22. The Balaban J connectivity index is 1.68. The van der Waals surface area contributed by atoms with Crippen LogP contribution in [0.5, 0.6) is 0 Å². The summed E-state index contributed by atoms with van der Waals surface area (Å²) in [5.74, 6) is -0.342. The van der Waals surface area contributed by atoms with E-state index in [0.29, 0.717) is 5.56 Å². The first-order valence-electron chi connectivity index (χ1n) is 11.0. The number of nitrogens with zero attached hydrogens (tertiary/aromatic N) is 2. The van der Waals surface area contributed by atoms with Crippen LogP contribution in [0.2, 0.25) is 0 Å². The summed E-state index contributed by atoms with van der Waals surface area (Å²) in [5, 5.41) is 0.825. The van der Waals surface area contributed by atoms with E-state index >= 15 is 0 Å². The van der Waals surface area contributed by atoms with Crippen molar-refractivity contribution >= 4 is 22.5 Å². The zero-order chi connectivity index (χ0) is 22.4. The molecule has 2 heterocycles. The Morgan fingerprint density at radius 3 is 2.62 bits per heavy atom. The lowest BCUT2D eigenvalue weighted by atomic mass is 9.94. The maximum Gasteiger partial charge on any atom is 0.259 e. The van der Waals surface area contributed by atoms with Gasteiger partial charge in [0.25, 0.3) is 5.91 Å². The van der Waals surface area contributed by atoms with Crippen molar-refractivity contribution in [3.63, 3.8) is 0 Å². The van der Waals surface area contributed by atoms with Crippen LogP contribution in [0.15, 0.2) is 66.7 Å². The molecular formula is C28H25FN2O. The van der Waals surface area contributed by atoms with E-state index in [4.69, 9.17) is 4.98 Å². The van der Waals surface area contributed by atoms with Crippen molar-refractivity contribution in [3.05, 3.63) is 94.8 Å². The monoisotopic (exact) mass is 424 g/mol. The number of pyridine rings is 1. The number of anilines is 1. The number of carbonyl (C=O) groups excluding carboxylic acids is 1. The van der Waals surface area contributed by atoms with Crippen molar-refractivity contribution < 1.29 is 9.18 Å². The molecule has 0 fully saturated rings. The van der Waals surface area contributed by atoms with Crippen molar-refractivity contribution in [2.24, 2.45) is 0 Å². The second-order valence-corrected chi connectivity index (χ2v) is 8.71. The molecule has 0 saturated carbocycles. The van der Waals surface area contributed by atoms with Gasteiger partial charge in [0.05, 0.1) is 16.8 Å². The Hall–Kier alpha value is -3.53. The number of aromatic nitrogens is 1. The standard InChI is InChI=1S/C28H25FN2O/c1-17-8-10-20(14-18(17)2)26-16-24(23-6-4-5-7-25(23)30-26)28(32)31-19(3)9-11-21-15-22(29)12-13-27(21)31/h4-8,10,12-16,19H,9,11H2,1-3H3. The normalized spacial score (nSPS) is 15.6. The van der Waals surface area contributed by atoms with Crippen LogP contribution in [0.1, 0.15) is 40.4 Å². The summed E-state index contributed by atoms with van der Waals surface area (Å²) in [4.78, 5) is 20.7. The molecule has 0 saturated heterocycles. The first-order valence-corrected chi connectivity index (χ1v) is 11.0. The second-order valence-electron chi connectivity index (χ2n) is 8.71. The van der Waals surface area contributed by atoms with E-state index in [9.17, 15) is 9.18 Å². The highest BCUT2D eigenvalue weighted by atomic mass is 19.1. The van der Waals surface area contributed by atoms with Crippen LogP contribution in [-0.2, 0) is 6.42 Å². The molecule has 0 spiro atoms. The predicted octanol–water partition coefficient (Wildman–Crippen LogP) is 6.64. The van der Waals surface area contributed by atoms with Crippen LogP contribution >= 0.6 is 0 Å². The van der Waals surface area contributed by atoms with Gasteiger partial charge in [-0.15, -0.1) is 0 Å². The van der Waals surface area contributed by atoms with Gasteiger partial charge < -0.3 is 4.90 Å². The van der Waals surface area contributed by atoms with Gasteiger partial charge in [-0.2, -0.15) is 0 Å². The van der Waals surface area contributed by atoms with Crippen LogP contribution < -0.4 is 4.90 Å². The number of aryl methyl sites for hydroxylation is 3. The minimum absolute atomic E-state index is 0.0254. The summed E-state index contributed by atoms with van der Waals surface area (Å²) in [5.41, 5.74) is 7.25. The highest BCUT2D eigenvalue weighted by molar-refractivity contribution is 6.15. The number of hydrogen-bond donors (Lipinski definition) is 0. The largest absolute Gasteiger partial charge is 0.305 e. The molecule has 160 valence electrons. The smallest absolute Gasteiger partial charge is 0.259 e. The third-order valence-corrected chi connectivity index (χ3v) is 6.54. The van der Waals surface area contributed by atoms with Gasteiger partial charge >= 0.3 is 0 Å². The Kier molecular flexibility index (Phi) is 5.01. The summed E-state index contributed by atoms with van der Waals surface area (Å²) in [7, 11) is 0. The van der Waals surface area contributed by atoms with Gasteiger partial charge in [0.1, 0.15) is 5.82 Å². The minimum atomic E-state index is -0.267. The lowest BCUT2D eigenvalue weighted by Gasteiger charge is -2.35. The summed E-state index contributed by atoms with van der Waals surface area (Å²) in [6, 6.07) is 20.6. The summed E-state index contributed by atoms with van der Waals surface area (Å²) >= 11 is 0. The zero-order valence-electron chi connectivity index (χ0n) is 18.5. The molecular weight excluding hydrogens is 399 g/mol. The molecule has 3 aromatic carbocycles. The van der Waals surface area contributed by atoms with Crippen molar-refractivity contribution in [2.45, 2.75) is 39.7 Å². The van der Waals surface area contributed by atoms with Crippen LogP contribution in [0, 0.1) is 19.7 Å². The second kappa shape index (κ2) is 7.86. The fourth-order valence-corrected chi connectivity index (χ4v) is 4.56. The predicted molar refractivity (Wildman–Crippen MR) is 128 cm³/mol. The SMILES string of the molecule is Cc1ccc(-c2cc(C(=O)N3c4ccc(F)cc4CCC3C)c3ccccc3n2)cc1C. The van der Waals surface area contributed by atoms with Crippen molar-refractivity contribution in [1.29, 1.82) is 0 Å². The number of rotatable bonds is 2. The van der Waals surface area contributed by atoms with Crippen molar-refractivity contribution in [2.75, 3.05) is 4.90 Å². The Labute approximate surface area is 187 Å². The molecule has 1 unspecified atom stereocenters. The van der Waals surface area contributed by atoms with Crippen molar-refractivity contribution in [1.82, 2.24) is 4.98 Å². The van der Waals surface area contributed by atoms with E-state index < -0.39 is 0 Å². The third kappa shape index (κ3) is 3.46. The number of carbonyl (C=O) groups is 1. The van der Waals surface area contributed by atoms with Crippen molar-refractivity contribution in [3.8, 4) is 11.3 Å².